The van der Waals surface area contributed by atoms with Gasteiger partial charge < -0.3 is 4.74 Å². The zero-order chi connectivity index (χ0) is 25.2. The van der Waals surface area contributed by atoms with Gasteiger partial charge in [-0.05, 0) is 61.1 Å². The van der Waals surface area contributed by atoms with E-state index in [1.54, 1.807) is 24.3 Å². The molecule has 3 rings (SSSR count). The van der Waals surface area contributed by atoms with Crippen molar-refractivity contribution in [2.24, 2.45) is 5.92 Å². The van der Waals surface area contributed by atoms with Gasteiger partial charge in [0.1, 0.15) is 5.25 Å². The second-order valence-corrected chi connectivity index (χ2v) is 11.0. The lowest BCUT2D eigenvalue weighted by Gasteiger charge is -2.19. The molecule has 34 heavy (non-hydrogen) atoms. The lowest BCUT2D eigenvalue weighted by molar-refractivity contribution is -0.136. The van der Waals surface area contributed by atoms with E-state index in [0.717, 1.165) is 22.3 Å². The first kappa shape index (κ1) is 25.4. The molecule has 0 saturated carbocycles. The van der Waals surface area contributed by atoms with Crippen molar-refractivity contribution in [2.75, 3.05) is 7.11 Å². The highest BCUT2D eigenvalue weighted by Crippen LogP contribution is 2.39. The minimum Gasteiger partial charge on any atom is -0.465 e. The number of hydrogen-bond donors (Lipinski definition) is 0. The number of hydrogen-bond acceptors (Lipinski definition) is 5. The SMILES string of the molecule is COC(=O)C1=C2C(C)=CC=C(C(C)C)C=C2C(C)=CC=C1C(=O)C(C)S(=O)(=O)c1ccccc1. The van der Waals surface area contributed by atoms with Gasteiger partial charge in [0, 0.05) is 11.1 Å². The third kappa shape index (κ3) is 4.68. The van der Waals surface area contributed by atoms with Crippen LogP contribution in [0.15, 0.2) is 105 Å². The smallest absolute Gasteiger partial charge is 0.339 e. The van der Waals surface area contributed by atoms with Gasteiger partial charge in [-0.15, -0.1) is 0 Å². The molecular weight excluding hydrogens is 448 g/mol. The molecule has 1 aromatic rings. The van der Waals surface area contributed by atoms with E-state index in [-0.39, 0.29) is 22.0 Å². The molecule has 0 spiro atoms. The summed E-state index contributed by atoms with van der Waals surface area (Å²) in [5.74, 6) is -1.09. The standard InChI is InChI=1S/C28H30O5S/c1-17(2)21-14-12-19(4)25-24(16-21)18(3)13-15-23(26(25)28(30)33-6)27(29)20(5)34(31,32)22-10-8-7-9-11-22/h7-17,20H,1-6H3. The molecule has 0 N–H and O–H groups in total. The second kappa shape index (κ2) is 9.94. The van der Waals surface area contributed by atoms with Gasteiger partial charge in [-0.2, -0.15) is 0 Å². The first-order valence-corrected chi connectivity index (χ1v) is 12.7. The highest BCUT2D eigenvalue weighted by molar-refractivity contribution is 7.92. The van der Waals surface area contributed by atoms with Crippen molar-refractivity contribution in [2.45, 2.75) is 44.8 Å². The van der Waals surface area contributed by atoms with E-state index in [1.807, 2.05) is 32.1 Å². The van der Waals surface area contributed by atoms with Gasteiger partial charge in [0.15, 0.2) is 15.6 Å². The van der Waals surface area contributed by atoms with E-state index in [0.29, 0.717) is 5.57 Å². The monoisotopic (exact) mass is 478 g/mol. The fraction of sp³-hybridized carbons (Fsp3) is 0.286. The predicted molar refractivity (Wildman–Crippen MR) is 134 cm³/mol. The summed E-state index contributed by atoms with van der Waals surface area (Å²) in [6.45, 7) is 9.31. The van der Waals surface area contributed by atoms with Gasteiger partial charge in [-0.25, -0.2) is 13.2 Å². The first-order valence-electron chi connectivity index (χ1n) is 11.2. The zero-order valence-corrected chi connectivity index (χ0v) is 21.2. The van der Waals surface area contributed by atoms with E-state index in [4.69, 9.17) is 4.74 Å². The van der Waals surface area contributed by atoms with Crippen LogP contribution >= 0.6 is 0 Å². The Bertz CT molecular complexity index is 1310. The van der Waals surface area contributed by atoms with Crippen LogP contribution in [-0.2, 0) is 24.2 Å². The number of carbonyl (C=O) groups is 2. The number of methoxy groups -OCH3 is 1. The van der Waals surface area contributed by atoms with Crippen LogP contribution in [0.2, 0.25) is 0 Å². The number of sulfone groups is 1. The van der Waals surface area contributed by atoms with E-state index in [9.17, 15) is 18.0 Å². The lowest BCUT2D eigenvalue weighted by Crippen LogP contribution is -2.31. The minimum atomic E-state index is -3.96. The van der Waals surface area contributed by atoms with Crippen LogP contribution < -0.4 is 0 Å². The molecule has 0 radical (unpaired) electrons. The summed E-state index contributed by atoms with van der Waals surface area (Å²) in [6, 6.07) is 7.85. The van der Waals surface area contributed by atoms with Gasteiger partial charge in [-0.1, -0.05) is 62.4 Å². The van der Waals surface area contributed by atoms with E-state index >= 15 is 0 Å². The Balaban J connectivity index is 2.24. The van der Waals surface area contributed by atoms with Crippen LogP contribution in [0.3, 0.4) is 0 Å². The van der Waals surface area contributed by atoms with Gasteiger partial charge in [0.2, 0.25) is 0 Å². The van der Waals surface area contributed by atoms with Crippen molar-refractivity contribution in [3.05, 3.63) is 99.7 Å². The average molecular weight is 479 g/mol. The fourth-order valence-electron chi connectivity index (χ4n) is 4.02. The molecule has 2 aliphatic carbocycles. The molecule has 6 heteroatoms. The first-order chi connectivity index (χ1) is 16.0. The van der Waals surface area contributed by atoms with Gasteiger partial charge in [-0.3, -0.25) is 4.79 Å². The predicted octanol–water partition coefficient (Wildman–Crippen LogP) is 5.24. The Hall–Kier alpha value is -3.25. The minimum absolute atomic E-state index is 0.0253. The van der Waals surface area contributed by atoms with Crippen LogP contribution in [0.5, 0.6) is 0 Å². The number of ketones is 1. The molecule has 0 saturated heterocycles. The number of benzene rings is 1. The van der Waals surface area contributed by atoms with Gasteiger partial charge in [0.25, 0.3) is 0 Å². The Labute approximate surface area is 201 Å². The number of rotatable bonds is 6. The van der Waals surface area contributed by atoms with Gasteiger partial charge >= 0.3 is 5.97 Å². The van der Waals surface area contributed by atoms with E-state index in [2.05, 4.69) is 13.8 Å². The lowest BCUT2D eigenvalue weighted by atomic mass is 9.86. The largest absolute Gasteiger partial charge is 0.465 e. The number of esters is 1. The summed E-state index contributed by atoms with van der Waals surface area (Å²) in [4.78, 5) is 26.8. The molecule has 5 nitrogen and oxygen atoms in total. The third-order valence-electron chi connectivity index (χ3n) is 6.17. The van der Waals surface area contributed by atoms with Crippen LogP contribution in [-0.4, -0.2) is 32.5 Å². The second-order valence-electron chi connectivity index (χ2n) is 8.77. The average Bonchev–Trinajstić information content (AvgIpc) is 3.08. The Morgan fingerprint density at radius 2 is 1.50 bits per heavy atom. The third-order valence-corrected chi connectivity index (χ3v) is 8.25. The summed E-state index contributed by atoms with van der Waals surface area (Å²) in [7, 11) is -2.71. The van der Waals surface area contributed by atoms with Crippen molar-refractivity contribution < 1.29 is 22.7 Å². The van der Waals surface area contributed by atoms with Crippen molar-refractivity contribution in [1.82, 2.24) is 0 Å². The fourth-order valence-corrected chi connectivity index (χ4v) is 5.37. The quantitative estimate of drug-likeness (QED) is 0.523. The number of carbonyl (C=O) groups excluding carboxylic acids is 2. The number of allylic oxidation sites excluding steroid dienone is 10. The summed E-state index contributed by atoms with van der Waals surface area (Å²) in [5, 5.41) is -1.39. The zero-order valence-electron chi connectivity index (χ0n) is 20.4. The van der Waals surface area contributed by atoms with Gasteiger partial charge in [0.05, 0.1) is 17.6 Å². The molecule has 2 aliphatic rings. The van der Waals surface area contributed by atoms with Crippen molar-refractivity contribution >= 4 is 21.6 Å². The summed E-state index contributed by atoms with van der Waals surface area (Å²) < 4.78 is 31.5. The highest BCUT2D eigenvalue weighted by Gasteiger charge is 2.37. The molecular formula is C28H30O5S. The molecule has 0 aromatic heterocycles. The summed E-state index contributed by atoms with van der Waals surface area (Å²) in [6.07, 6.45) is 9.24. The molecule has 0 fully saturated rings. The normalized spacial score (nSPS) is 17.3. The topological polar surface area (TPSA) is 77.5 Å². The Morgan fingerprint density at radius 1 is 0.882 bits per heavy atom. The molecule has 178 valence electrons. The number of ether oxygens (including phenoxy) is 1. The van der Waals surface area contributed by atoms with Crippen molar-refractivity contribution in [1.29, 1.82) is 0 Å². The molecule has 1 aromatic carbocycles. The molecule has 1 unspecified atom stereocenters. The van der Waals surface area contributed by atoms with Crippen LogP contribution in [0.1, 0.15) is 34.6 Å². The van der Waals surface area contributed by atoms with Crippen LogP contribution in [0.4, 0.5) is 0 Å². The Kier molecular flexibility index (Phi) is 7.41. The van der Waals surface area contributed by atoms with Crippen LogP contribution in [0.25, 0.3) is 0 Å². The van der Waals surface area contributed by atoms with Crippen molar-refractivity contribution in [3.63, 3.8) is 0 Å². The maximum absolute atomic E-state index is 13.7. The maximum atomic E-state index is 13.7. The molecule has 1 atom stereocenters. The van der Waals surface area contributed by atoms with E-state index in [1.165, 1.54) is 32.2 Å². The summed E-state index contributed by atoms with van der Waals surface area (Å²) in [5.41, 5.74) is 4.22. The molecule has 0 amide bonds. The molecule has 0 aliphatic heterocycles. The molecule has 0 bridgehead atoms. The molecule has 0 heterocycles. The van der Waals surface area contributed by atoms with E-state index < -0.39 is 26.8 Å². The number of fused-ring (bicyclic) bond motifs is 1. The Morgan fingerprint density at radius 3 is 2.09 bits per heavy atom. The van der Waals surface area contributed by atoms with Crippen LogP contribution in [0, 0.1) is 5.92 Å². The maximum Gasteiger partial charge on any atom is 0.339 e. The number of Topliss-reactive ketones (excluding diaryl/α,β-unsaturated/α-hetero) is 1. The highest BCUT2D eigenvalue weighted by atomic mass is 32.2. The summed E-state index contributed by atoms with van der Waals surface area (Å²) >= 11 is 0. The van der Waals surface area contributed by atoms with Crippen molar-refractivity contribution in [3.8, 4) is 0 Å².